The highest BCUT2D eigenvalue weighted by molar-refractivity contribution is 5.77. The van der Waals surface area contributed by atoms with Gasteiger partial charge in [0.1, 0.15) is 0 Å². The molecule has 0 atom stereocenters. The van der Waals surface area contributed by atoms with Crippen LogP contribution in [0.3, 0.4) is 0 Å². The summed E-state index contributed by atoms with van der Waals surface area (Å²) in [5.41, 5.74) is 7.81. The Hall–Kier alpha value is -1.35. The van der Waals surface area contributed by atoms with E-state index < -0.39 is 0 Å². The lowest BCUT2D eigenvalue weighted by Crippen LogP contribution is -2.39. The summed E-state index contributed by atoms with van der Waals surface area (Å²) in [4.78, 5) is 11.2. The Morgan fingerprint density at radius 1 is 1.28 bits per heavy atom. The summed E-state index contributed by atoms with van der Waals surface area (Å²) in [7, 11) is 0. The first kappa shape index (κ1) is 14.7. The predicted octanol–water partition coefficient (Wildman–Crippen LogP) is 1.99. The summed E-state index contributed by atoms with van der Waals surface area (Å²) < 4.78 is 0. The molecule has 0 aromatic heterocycles. The third-order valence-electron chi connectivity index (χ3n) is 3.19. The van der Waals surface area contributed by atoms with Crippen molar-refractivity contribution in [1.82, 2.24) is 5.32 Å². The quantitative estimate of drug-likeness (QED) is 0.809. The number of nitrogens with two attached hydrogens (primary N) is 1. The van der Waals surface area contributed by atoms with Gasteiger partial charge in [0.15, 0.2) is 0 Å². The molecular formula is C15H24N2O. The van der Waals surface area contributed by atoms with E-state index in [0.29, 0.717) is 6.54 Å². The second-order valence-corrected chi connectivity index (χ2v) is 5.31. The number of carbonyl (C=O) groups is 1. The Balaban J connectivity index is 2.68. The zero-order valence-electron chi connectivity index (χ0n) is 11.6. The first-order valence-electron chi connectivity index (χ1n) is 6.56. The molecular weight excluding hydrogens is 224 g/mol. The van der Waals surface area contributed by atoms with E-state index in [1.54, 1.807) is 0 Å². The van der Waals surface area contributed by atoms with Crippen LogP contribution in [-0.2, 0) is 16.6 Å². The van der Waals surface area contributed by atoms with E-state index in [9.17, 15) is 4.79 Å². The van der Waals surface area contributed by atoms with E-state index in [1.165, 1.54) is 11.1 Å². The maximum absolute atomic E-state index is 11.2. The average molecular weight is 248 g/mol. The van der Waals surface area contributed by atoms with Gasteiger partial charge in [-0.05, 0) is 17.5 Å². The fraction of sp³-hybridized carbons (Fsp3) is 0.533. The highest BCUT2D eigenvalue weighted by Gasteiger charge is 2.20. The number of aryl methyl sites for hydroxylation is 1. The van der Waals surface area contributed by atoms with Crippen LogP contribution in [0.5, 0.6) is 0 Å². The molecule has 100 valence electrons. The molecule has 0 fully saturated rings. The Bertz CT molecular complexity index is 382. The van der Waals surface area contributed by atoms with Gasteiger partial charge in [0.2, 0.25) is 5.91 Å². The lowest BCUT2D eigenvalue weighted by molar-refractivity contribution is -0.119. The maximum atomic E-state index is 11.2. The minimum Gasteiger partial charge on any atom is -0.354 e. The first-order valence-corrected chi connectivity index (χ1v) is 6.56. The molecule has 1 aromatic rings. The van der Waals surface area contributed by atoms with E-state index in [0.717, 1.165) is 12.8 Å². The standard InChI is InChI=1S/C15H24N2O/c1-4-5-12-6-8-13(9-7-12)15(2,3)11-17-14(18)10-16/h6-9H,4-5,10-11,16H2,1-3H3,(H,17,18). The van der Waals surface area contributed by atoms with E-state index in [4.69, 9.17) is 5.73 Å². The molecule has 3 nitrogen and oxygen atoms in total. The minimum absolute atomic E-state index is 0.0471. The number of carbonyl (C=O) groups excluding carboxylic acids is 1. The van der Waals surface area contributed by atoms with E-state index in [-0.39, 0.29) is 17.9 Å². The number of amides is 1. The smallest absolute Gasteiger partial charge is 0.233 e. The summed E-state index contributed by atoms with van der Waals surface area (Å²) >= 11 is 0. The Morgan fingerprint density at radius 2 is 1.89 bits per heavy atom. The van der Waals surface area contributed by atoms with Crippen molar-refractivity contribution in [3.05, 3.63) is 35.4 Å². The van der Waals surface area contributed by atoms with Gasteiger partial charge < -0.3 is 11.1 Å². The van der Waals surface area contributed by atoms with Crippen molar-refractivity contribution in [1.29, 1.82) is 0 Å². The summed E-state index contributed by atoms with van der Waals surface area (Å²) in [6.07, 6.45) is 2.28. The van der Waals surface area contributed by atoms with Gasteiger partial charge in [-0.1, -0.05) is 51.5 Å². The highest BCUT2D eigenvalue weighted by Crippen LogP contribution is 2.22. The normalized spacial score (nSPS) is 11.3. The number of benzene rings is 1. The van der Waals surface area contributed by atoms with Crippen molar-refractivity contribution in [2.75, 3.05) is 13.1 Å². The van der Waals surface area contributed by atoms with Gasteiger partial charge in [-0.15, -0.1) is 0 Å². The van der Waals surface area contributed by atoms with Crippen molar-refractivity contribution in [3.63, 3.8) is 0 Å². The van der Waals surface area contributed by atoms with Gasteiger partial charge in [0.05, 0.1) is 6.54 Å². The van der Waals surface area contributed by atoms with Crippen LogP contribution < -0.4 is 11.1 Å². The van der Waals surface area contributed by atoms with E-state index >= 15 is 0 Å². The highest BCUT2D eigenvalue weighted by atomic mass is 16.1. The van der Waals surface area contributed by atoms with Gasteiger partial charge in [-0.25, -0.2) is 0 Å². The topological polar surface area (TPSA) is 55.1 Å². The molecule has 0 aliphatic carbocycles. The van der Waals surface area contributed by atoms with Crippen LogP contribution in [0.25, 0.3) is 0 Å². The van der Waals surface area contributed by atoms with Crippen LogP contribution in [0.4, 0.5) is 0 Å². The molecule has 0 saturated heterocycles. The lowest BCUT2D eigenvalue weighted by atomic mass is 9.84. The van der Waals surface area contributed by atoms with Gasteiger partial charge in [-0.3, -0.25) is 4.79 Å². The van der Waals surface area contributed by atoms with Crippen LogP contribution in [0.15, 0.2) is 24.3 Å². The Morgan fingerprint density at radius 3 is 2.39 bits per heavy atom. The zero-order valence-corrected chi connectivity index (χ0v) is 11.6. The Labute approximate surface area is 110 Å². The fourth-order valence-electron chi connectivity index (χ4n) is 1.91. The molecule has 0 radical (unpaired) electrons. The number of hydrogen-bond donors (Lipinski definition) is 2. The van der Waals surface area contributed by atoms with Crippen molar-refractivity contribution in [2.24, 2.45) is 5.73 Å². The Kier molecular flexibility index (Phi) is 5.35. The average Bonchev–Trinajstić information content (AvgIpc) is 2.37. The third kappa shape index (κ3) is 4.15. The number of rotatable bonds is 6. The summed E-state index contributed by atoms with van der Waals surface area (Å²) in [5, 5.41) is 2.85. The van der Waals surface area contributed by atoms with Gasteiger partial charge >= 0.3 is 0 Å². The number of hydrogen-bond acceptors (Lipinski definition) is 2. The van der Waals surface area contributed by atoms with Crippen LogP contribution in [-0.4, -0.2) is 19.0 Å². The first-order chi connectivity index (χ1) is 8.49. The molecule has 0 spiro atoms. The summed E-state index contributed by atoms with van der Waals surface area (Å²) in [6, 6.07) is 8.65. The molecule has 1 amide bonds. The monoisotopic (exact) mass is 248 g/mol. The molecule has 0 saturated carbocycles. The zero-order chi connectivity index (χ0) is 13.6. The molecule has 0 unspecified atom stereocenters. The summed E-state index contributed by atoms with van der Waals surface area (Å²) in [5.74, 6) is -0.106. The second kappa shape index (κ2) is 6.55. The van der Waals surface area contributed by atoms with Gasteiger partial charge in [0, 0.05) is 12.0 Å². The molecule has 3 N–H and O–H groups in total. The molecule has 3 heteroatoms. The molecule has 0 aliphatic heterocycles. The van der Waals surface area contributed by atoms with Gasteiger partial charge in [-0.2, -0.15) is 0 Å². The second-order valence-electron chi connectivity index (χ2n) is 5.31. The fourth-order valence-corrected chi connectivity index (χ4v) is 1.91. The third-order valence-corrected chi connectivity index (χ3v) is 3.19. The summed E-state index contributed by atoms with van der Waals surface area (Å²) in [6.45, 7) is 7.08. The molecule has 18 heavy (non-hydrogen) atoms. The van der Waals surface area contributed by atoms with Crippen molar-refractivity contribution >= 4 is 5.91 Å². The molecule has 1 aromatic carbocycles. The molecule has 0 bridgehead atoms. The van der Waals surface area contributed by atoms with Crippen molar-refractivity contribution < 1.29 is 4.79 Å². The van der Waals surface area contributed by atoms with E-state index in [2.05, 4.69) is 50.4 Å². The van der Waals surface area contributed by atoms with Gasteiger partial charge in [0.25, 0.3) is 0 Å². The lowest BCUT2D eigenvalue weighted by Gasteiger charge is -2.25. The number of nitrogens with one attached hydrogen (secondary N) is 1. The molecule has 1 rings (SSSR count). The van der Waals surface area contributed by atoms with Crippen molar-refractivity contribution in [3.8, 4) is 0 Å². The minimum atomic E-state index is -0.106. The maximum Gasteiger partial charge on any atom is 0.233 e. The van der Waals surface area contributed by atoms with Crippen LogP contribution in [0.2, 0.25) is 0 Å². The predicted molar refractivity (Wildman–Crippen MR) is 75.5 cm³/mol. The van der Waals surface area contributed by atoms with Crippen LogP contribution in [0, 0.1) is 0 Å². The van der Waals surface area contributed by atoms with Crippen molar-refractivity contribution in [2.45, 2.75) is 39.0 Å². The van der Waals surface area contributed by atoms with Crippen LogP contribution in [0.1, 0.15) is 38.3 Å². The molecule has 0 aliphatic rings. The van der Waals surface area contributed by atoms with Crippen LogP contribution >= 0.6 is 0 Å². The SMILES string of the molecule is CCCc1ccc(C(C)(C)CNC(=O)CN)cc1. The molecule has 0 heterocycles. The largest absolute Gasteiger partial charge is 0.354 e. The van der Waals surface area contributed by atoms with E-state index in [1.807, 2.05) is 0 Å².